The second kappa shape index (κ2) is 29.5. The summed E-state index contributed by atoms with van der Waals surface area (Å²) in [6.45, 7) is 0.311. The molecule has 0 saturated carbocycles. The number of benzene rings is 4. The summed E-state index contributed by atoms with van der Waals surface area (Å²) in [6.07, 6.45) is -6.29. The average molecular weight is 1710 g/mol. The Bertz CT molecular complexity index is 4560. The van der Waals surface area contributed by atoms with Crippen LogP contribution in [-0.4, -0.2) is 315 Å². The van der Waals surface area contributed by atoms with Gasteiger partial charge in [0.2, 0.25) is 0 Å². The summed E-state index contributed by atoms with van der Waals surface area (Å²) in [6, 6.07) is 7.33. The minimum absolute atomic E-state index is 0. The number of nitrogens with zero attached hydrogens (tertiary/aromatic N) is 16. The second-order valence-corrected chi connectivity index (χ2v) is 34.9. The van der Waals surface area contributed by atoms with Crippen LogP contribution in [-0.2, 0) is 66.7 Å². The number of carbonyl (C=O) groups excluding carboxylic acids is 8. The number of hydrogen-bond acceptors (Lipinski definition) is 24. The van der Waals surface area contributed by atoms with Gasteiger partial charge < -0.3 is 37.2 Å². The molecule has 0 atom stereocenters. The number of urea groups is 8. The van der Waals surface area contributed by atoms with Gasteiger partial charge in [-0.2, -0.15) is 0 Å². The summed E-state index contributed by atoms with van der Waals surface area (Å²) in [5.41, 5.74) is -5.90. The zero-order chi connectivity index (χ0) is 75.1. The van der Waals surface area contributed by atoms with E-state index in [9.17, 15) is 51.9 Å². The van der Waals surface area contributed by atoms with E-state index in [2.05, 4.69) is 0 Å². The van der Waals surface area contributed by atoms with Gasteiger partial charge in [-0.05, 0) is 53.4 Å². The van der Waals surface area contributed by atoms with Gasteiger partial charge in [0, 0.05) is 66.8 Å². The molecule has 568 valence electrons. The smallest absolute Gasteiger partial charge is 0.748 e. The van der Waals surface area contributed by atoms with E-state index in [4.69, 9.17) is 18.9 Å². The largest absolute Gasteiger partial charge is 1.00 e. The van der Waals surface area contributed by atoms with Crippen LogP contribution in [0.25, 0.3) is 21.5 Å². The molecule has 110 heavy (non-hydrogen) atoms. The van der Waals surface area contributed by atoms with Gasteiger partial charge in [-0.15, -0.1) is 0 Å². The Morgan fingerprint density at radius 2 is 0.491 bits per heavy atom. The van der Waals surface area contributed by atoms with Crippen LogP contribution in [0.15, 0.2) is 48.5 Å². The van der Waals surface area contributed by atoms with Crippen molar-refractivity contribution in [3.05, 3.63) is 70.8 Å². The molecule has 0 aliphatic carbocycles. The third-order valence-corrected chi connectivity index (χ3v) is 26.9. The molecule has 4 aromatic rings. The van der Waals surface area contributed by atoms with Crippen LogP contribution in [0.1, 0.15) is 75.6 Å². The molecule has 0 aromatic heterocycles. The monoisotopic (exact) mass is 1700 g/mol. The summed E-state index contributed by atoms with van der Waals surface area (Å²) in [5.74, 6) is -2.58. The van der Waals surface area contributed by atoms with Crippen molar-refractivity contribution in [2.24, 2.45) is 0 Å². The van der Waals surface area contributed by atoms with Crippen molar-refractivity contribution in [2.45, 2.75) is 127 Å². The van der Waals surface area contributed by atoms with Crippen molar-refractivity contribution >= 4 is 110 Å². The quantitative estimate of drug-likeness (QED) is 0.0450. The zero-order valence-electron chi connectivity index (χ0n) is 61.1. The van der Waals surface area contributed by atoms with Gasteiger partial charge in [0.25, 0.3) is 0 Å². The number of carbonyl (C=O) groups is 8. The first-order valence-electron chi connectivity index (χ1n) is 34.0. The molecular weight excluding hydrogens is 1640 g/mol. The van der Waals surface area contributed by atoms with Gasteiger partial charge in [-0.3, -0.25) is 78.4 Å². The van der Waals surface area contributed by atoms with Gasteiger partial charge in [-0.25, -0.2) is 72.0 Å². The van der Waals surface area contributed by atoms with Crippen molar-refractivity contribution in [3.8, 4) is 23.0 Å². The van der Waals surface area contributed by atoms with Gasteiger partial charge >= 0.3 is 254 Å². The summed E-state index contributed by atoms with van der Waals surface area (Å²) < 4.78 is 167. The van der Waals surface area contributed by atoms with Gasteiger partial charge in [0.15, 0.2) is 47.3 Å². The van der Waals surface area contributed by atoms with E-state index in [0.717, 1.165) is 0 Å². The number of fused-ring (bicyclic) bond motifs is 4. The maximum absolute atomic E-state index is 15.9. The fraction of sp³-hybridized carbons (Fsp3) is 0.548. The molecule has 48 heteroatoms. The summed E-state index contributed by atoms with van der Waals surface area (Å²) >= 11 is 0. The molecule has 40 nitrogen and oxygen atoms in total. The standard InChI is InChI=1S/C62H72N16O24S4.4K/c1-59-61(3)75-31-67-49-47-63(51(67)79)29-65-48-50-69(53(65)81)33-77-57(85)73-27-41-42(46(102-20-12-24-106(96,97)98)38-16-8-7-15-37(38)45(41)101-19-11-23-105(93,94)95)28-74-58(86)78(62(77,4)60(73,74)2)34-70(50)54(82)66(48)30-64(47)52(80)68(49)32-76(61)56(84)72(59)26-40-39(25-71(59)55(75)83)43(99-17-9-21-103(87,88)89)35-13-5-6-14-36(35)44(40)100-18-10-22-104(90,91)92;;;;/h5-8,13-16,47-50H,9-12,17-34H2,1-4H3,(H,87,88,89)(H,90,91,92)(H,93,94,95)(H,96,97,98);;;;/q;4*+1/p-4. The van der Waals surface area contributed by atoms with Crippen LogP contribution in [0.2, 0.25) is 0 Å². The molecule has 11 saturated heterocycles. The molecule has 13 aliphatic heterocycles. The molecule has 0 radical (unpaired) electrons. The Morgan fingerprint density at radius 1 is 0.309 bits per heavy atom. The minimum Gasteiger partial charge on any atom is -0.748 e. The van der Waals surface area contributed by atoms with Crippen molar-refractivity contribution in [1.82, 2.24) is 78.4 Å². The van der Waals surface area contributed by atoms with E-state index in [1.54, 1.807) is 76.2 Å². The topological polar surface area (TPSA) is 454 Å². The normalized spacial score (nSPS) is 27.3. The molecule has 11 fully saturated rings. The van der Waals surface area contributed by atoms with E-state index >= 15 is 38.4 Å². The maximum atomic E-state index is 15.9. The van der Waals surface area contributed by atoms with E-state index in [-0.39, 0.29) is 329 Å². The second-order valence-electron chi connectivity index (χ2n) is 28.8. The van der Waals surface area contributed by atoms with Gasteiger partial charge in [-0.1, -0.05) is 48.5 Å². The van der Waals surface area contributed by atoms with Crippen LogP contribution in [0.5, 0.6) is 23.0 Å². The summed E-state index contributed by atoms with van der Waals surface area (Å²) in [5, 5.41) is 1.53. The Balaban J connectivity index is 0.00000266. The predicted octanol–water partition coefficient (Wildman–Crippen LogP) is -11.2. The molecule has 13 heterocycles. The number of rotatable bonds is 20. The maximum Gasteiger partial charge on any atom is 1.00 e. The Hall–Kier alpha value is -3.05. The first kappa shape index (κ1) is 84.8. The SMILES string of the molecule is CC12N3Cc4c(c(OCCCS(=O)(=O)[O-])c5ccccc5c4OCCCS(=O)(=O)[O-])CN1C(=O)N1CN4C(=O)N5CN6C(=O)N7CN8C(=O)N9Cc%10c(c(OCCCS(=O)(=O)[O-])c%11ccccc%11c%10OCCCS(=O)(=O)[O-])CN%10C(=O)N(CN%11C(=O)N(CN%12C(=O)N(CN(C3=O)C12C)C4C%125)C6C%117)C8(C)C%109C.[K+].[K+].[K+].[K+]. The third-order valence-electron chi connectivity index (χ3n) is 23.7. The van der Waals surface area contributed by atoms with E-state index < -0.39 is 199 Å². The first-order chi connectivity index (χ1) is 49.9. The molecule has 0 bridgehead atoms. The zero-order valence-corrected chi connectivity index (χ0v) is 76.8. The van der Waals surface area contributed by atoms with E-state index in [1.165, 1.54) is 78.4 Å². The molecule has 13 aliphatic rings. The van der Waals surface area contributed by atoms with Crippen LogP contribution in [0.3, 0.4) is 0 Å². The Morgan fingerprint density at radius 3 is 0.682 bits per heavy atom. The molecule has 0 unspecified atom stereocenters. The van der Waals surface area contributed by atoms with Gasteiger partial charge in [0.1, 0.15) is 63.0 Å². The minimum atomic E-state index is -4.69. The molecule has 0 spiro atoms. The van der Waals surface area contributed by atoms with Crippen molar-refractivity contribution < 1.29 is 315 Å². The average Bonchev–Trinajstić information content (AvgIpc) is 1.49. The first-order valence-corrected chi connectivity index (χ1v) is 40.3. The summed E-state index contributed by atoms with van der Waals surface area (Å²) in [4.78, 5) is 148. The van der Waals surface area contributed by atoms with Crippen molar-refractivity contribution in [1.29, 1.82) is 0 Å². The Kier molecular flexibility index (Phi) is 22.7. The predicted molar refractivity (Wildman–Crippen MR) is 352 cm³/mol. The third kappa shape index (κ3) is 12.5. The number of amides is 16. The van der Waals surface area contributed by atoms with Gasteiger partial charge in [0.05, 0.1) is 93.1 Å². The molecule has 0 N–H and O–H groups in total. The molecular formula is C62H68K4N16O24S4. The molecule has 17 rings (SSSR count). The van der Waals surface area contributed by atoms with E-state index in [1.807, 2.05) is 0 Å². The van der Waals surface area contributed by atoms with E-state index in [0.29, 0.717) is 21.5 Å². The Labute approximate surface area is 800 Å². The van der Waals surface area contributed by atoms with Crippen molar-refractivity contribution in [3.63, 3.8) is 0 Å². The molecule has 4 aromatic carbocycles. The number of hydrogen-bond donors (Lipinski definition) is 0. The number of ether oxygens (including phenoxy) is 4. The van der Waals surface area contributed by atoms with Crippen LogP contribution >= 0.6 is 0 Å². The van der Waals surface area contributed by atoms with Crippen LogP contribution in [0.4, 0.5) is 38.4 Å². The van der Waals surface area contributed by atoms with Crippen LogP contribution < -0.4 is 224 Å². The summed E-state index contributed by atoms with van der Waals surface area (Å²) in [7, 11) is -18.7. The fourth-order valence-corrected chi connectivity index (χ4v) is 20.4. The van der Waals surface area contributed by atoms with Crippen LogP contribution in [0, 0.1) is 0 Å². The fourth-order valence-electron chi connectivity index (χ4n) is 18.6. The molecule has 16 amide bonds. The van der Waals surface area contributed by atoms with Crippen molar-refractivity contribution in [2.75, 3.05) is 89.5 Å².